The molecule has 0 spiro atoms. The minimum atomic E-state index is 1.05. The van der Waals surface area contributed by atoms with E-state index in [0.29, 0.717) is 0 Å². The van der Waals surface area contributed by atoms with Gasteiger partial charge < -0.3 is 0 Å². The molecule has 1 heterocycles. The second kappa shape index (κ2) is 3.26. The molecule has 2 aromatic rings. The standard InChI is InChI=1S/C9H10N4/c1-12(13-10-7-8-11-13)9-5-3-2-4-6-9/h2-8H,1H3. The summed E-state index contributed by atoms with van der Waals surface area (Å²) in [5.74, 6) is 0. The summed E-state index contributed by atoms with van der Waals surface area (Å²) in [5.41, 5.74) is 1.05. The summed E-state index contributed by atoms with van der Waals surface area (Å²) < 4.78 is 0. The van der Waals surface area contributed by atoms with Crippen molar-refractivity contribution in [1.29, 1.82) is 0 Å². The molecule has 0 amide bonds. The van der Waals surface area contributed by atoms with Crippen molar-refractivity contribution in [3.63, 3.8) is 0 Å². The molecule has 0 aliphatic carbocycles. The average Bonchev–Trinajstić information content (AvgIpc) is 2.71. The summed E-state index contributed by atoms with van der Waals surface area (Å²) in [4.78, 5) is 1.54. The Hall–Kier alpha value is -1.84. The van der Waals surface area contributed by atoms with Crippen LogP contribution in [-0.4, -0.2) is 22.2 Å². The van der Waals surface area contributed by atoms with Crippen LogP contribution in [-0.2, 0) is 0 Å². The molecule has 0 saturated heterocycles. The van der Waals surface area contributed by atoms with Gasteiger partial charge in [0.2, 0.25) is 0 Å². The van der Waals surface area contributed by atoms with E-state index in [1.165, 1.54) is 4.91 Å². The van der Waals surface area contributed by atoms with Gasteiger partial charge in [-0.05, 0) is 12.1 Å². The van der Waals surface area contributed by atoms with Crippen molar-refractivity contribution in [3.8, 4) is 0 Å². The van der Waals surface area contributed by atoms with Gasteiger partial charge >= 0.3 is 0 Å². The number of aromatic nitrogens is 3. The number of rotatable bonds is 2. The molecule has 0 radical (unpaired) electrons. The monoisotopic (exact) mass is 174 g/mol. The summed E-state index contributed by atoms with van der Waals surface area (Å²) in [6.45, 7) is 0. The Morgan fingerprint density at radius 3 is 2.31 bits per heavy atom. The molecular weight excluding hydrogens is 164 g/mol. The van der Waals surface area contributed by atoms with Crippen LogP contribution < -0.4 is 5.01 Å². The molecule has 0 bridgehead atoms. The van der Waals surface area contributed by atoms with Gasteiger partial charge in [-0.15, -0.1) is 10.2 Å². The molecule has 13 heavy (non-hydrogen) atoms. The maximum atomic E-state index is 4.02. The molecule has 0 aliphatic heterocycles. The minimum absolute atomic E-state index is 1.05. The van der Waals surface area contributed by atoms with Crippen molar-refractivity contribution in [1.82, 2.24) is 15.1 Å². The van der Waals surface area contributed by atoms with Gasteiger partial charge in [-0.1, -0.05) is 23.1 Å². The third-order valence-electron chi connectivity index (χ3n) is 1.80. The molecule has 0 fully saturated rings. The van der Waals surface area contributed by atoms with Crippen molar-refractivity contribution < 1.29 is 0 Å². The quantitative estimate of drug-likeness (QED) is 0.685. The zero-order chi connectivity index (χ0) is 9.10. The van der Waals surface area contributed by atoms with Gasteiger partial charge in [-0.2, -0.15) is 0 Å². The Bertz CT molecular complexity index is 354. The molecular formula is C9H10N4. The molecule has 0 aliphatic rings. The van der Waals surface area contributed by atoms with E-state index >= 15 is 0 Å². The van der Waals surface area contributed by atoms with Gasteiger partial charge in [0.25, 0.3) is 0 Å². The second-order valence-electron chi connectivity index (χ2n) is 2.66. The molecule has 0 N–H and O–H groups in total. The zero-order valence-electron chi connectivity index (χ0n) is 7.33. The van der Waals surface area contributed by atoms with Gasteiger partial charge in [0, 0.05) is 7.05 Å². The first-order valence-electron chi connectivity index (χ1n) is 4.03. The first kappa shape index (κ1) is 7.79. The SMILES string of the molecule is CN(c1ccccc1)n1nccn1. The topological polar surface area (TPSA) is 34.0 Å². The normalized spacial score (nSPS) is 9.92. The Balaban J connectivity index is 2.29. The Labute approximate surface area is 76.4 Å². The van der Waals surface area contributed by atoms with E-state index in [1.54, 1.807) is 12.4 Å². The van der Waals surface area contributed by atoms with Gasteiger partial charge in [-0.3, -0.25) is 5.01 Å². The van der Waals surface area contributed by atoms with Crippen LogP contribution in [0, 0.1) is 0 Å². The maximum Gasteiger partial charge on any atom is 0.0714 e. The summed E-state index contributed by atoms with van der Waals surface area (Å²) in [6, 6.07) is 9.95. The van der Waals surface area contributed by atoms with Crippen LogP contribution in [0.15, 0.2) is 42.7 Å². The van der Waals surface area contributed by atoms with E-state index in [9.17, 15) is 0 Å². The van der Waals surface area contributed by atoms with Gasteiger partial charge in [0.15, 0.2) is 0 Å². The lowest BCUT2D eigenvalue weighted by Gasteiger charge is -2.16. The van der Waals surface area contributed by atoms with Crippen molar-refractivity contribution >= 4 is 5.69 Å². The number of anilines is 1. The van der Waals surface area contributed by atoms with Crippen LogP contribution in [0.4, 0.5) is 5.69 Å². The fourth-order valence-electron chi connectivity index (χ4n) is 1.11. The highest BCUT2D eigenvalue weighted by Gasteiger charge is 2.01. The number of para-hydroxylation sites is 1. The molecule has 4 heteroatoms. The first-order chi connectivity index (χ1) is 6.38. The van der Waals surface area contributed by atoms with Gasteiger partial charge in [0.1, 0.15) is 0 Å². The fraction of sp³-hybridized carbons (Fsp3) is 0.111. The highest BCUT2D eigenvalue weighted by atomic mass is 15.7. The van der Waals surface area contributed by atoms with Crippen LogP contribution >= 0.6 is 0 Å². The predicted molar refractivity (Wildman–Crippen MR) is 50.3 cm³/mol. The number of hydrogen-bond acceptors (Lipinski definition) is 3. The van der Waals surface area contributed by atoms with E-state index in [0.717, 1.165) is 5.69 Å². The number of benzene rings is 1. The molecule has 2 rings (SSSR count). The fourth-order valence-corrected chi connectivity index (χ4v) is 1.11. The van der Waals surface area contributed by atoms with E-state index in [4.69, 9.17) is 0 Å². The first-order valence-corrected chi connectivity index (χ1v) is 4.03. The highest BCUT2D eigenvalue weighted by molar-refractivity contribution is 5.43. The van der Waals surface area contributed by atoms with Crippen molar-refractivity contribution in [3.05, 3.63) is 42.7 Å². The van der Waals surface area contributed by atoms with Crippen LogP contribution in [0.2, 0.25) is 0 Å². The molecule has 0 saturated carbocycles. The molecule has 1 aromatic heterocycles. The molecule has 0 atom stereocenters. The Kier molecular flexibility index (Phi) is 1.96. The van der Waals surface area contributed by atoms with E-state index in [2.05, 4.69) is 10.2 Å². The van der Waals surface area contributed by atoms with E-state index in [1.807, 2.05) is 42.4 Å². The average molecular weight is 174 g/mol. The van der Waals surface area contributed by atoms with Crippen LogP contribution in [0.25, 0.3) is 0 Å². The summed E-state index contributed by atoms with van der Waals surface area (Å²) in [7, 11) is 1.91. The van der Waals surface area contributed by atoms with Crippen molar-refractivity contribution in [2.75, 3.05) is 12.1 Å². The molecule has 0 unspecified atom stereocenters. The van der Waals surface area contributed by atoms with Gasteiger partial charge in [0.05, 0.1) is 18.1 Å². The maximum absolute atomic E-state index is 4.02. The smallest absolute Gasteiger partial charge is 0.0714 e. The number of hydrogen-bond donors (Lipinski definition) is 0. The Morgan fingerprint density at radius 1 is 1.08 bits per heavy atom. The molecule has 4 nitrogen and oxygen atoms in total. The van der Waals surface area contributed by atoms with E-state index in [-0.39, 0.29) is 0 Å². The Morgan fingerprint density at radius 2 is 1.69 bits per heavy atom. The molecule has 1 aromatic carbocycles. The third kappa shape index (κ3) is 1.51. The van der Waals surface area contributed by atoms with Crippen molar-refractivity contribution in [2.24, 2.45) is 0 Å². The summed E-state index contributed by atoms with van der Waals surface area (Å²) in [6.07, 6.45) is 3.30. The van der Waals surface area contributed by atoms with Crippen LogP contribution in [0.1, 0.15) is 0 Å². The highest BCUT2D eigenvalue weighted by Crippen LogP contribution is 2.09. The predicted octanol–water partition coefficient (Wildman–Crippen LogP) is 1.18. The largest absolute Gasteiger partial charge is 0.251 e. The van der Waals surface area contributed by atoms with Crippen molar-refractivity contribution in [2.45, 2.75) is 0 Å². The summed E-state index contributed by atoms with van der Waals surface area (Å²) >= 11 is 0. The lowest BCUT2D eigenvalue weighted by molar-refractivity contribution is 0.581. The van der Waals surface area contributed by atoms with Gasteiger partial charge in [-0.25, -0.2) is 0 Å². The lowest BCUT2D eigenvalue weighted by atomic mass is 10.3. The minimum Gasteiger partial charge on any atom is -0.251 e. The lowest BCUT2D eigenvalue weighted by Crippen LogP contribution is -2.26. The van der Waals surface area contributed by atoms with E-state index < -0.39 is 0 Å². The molecule has 66 valence electrons. The number of nitrogens with zero attached hydrogens (tertiary/aromatic N) is 4. The van der Waals surface area contributed by atoms with Crippen LogP contribution in [0.5, 0.6) is 0 Å². The summed E-state index contributed by atoms with van der Waals surface area (Å²) in [5, 5.41) is 9.91. The third-order valence-corrected chi connectivity index (χ3v) is 1.80. The second-order valence-corrected chi connectivity index (χ2v) is 2.66. The van der Waals surface area contributed by atoms with Crippen LogP contribution in [0.3, 0.4) is 0 Å². The zero-order valence-corrected chi connectivity index (χ0v) is 7.33.